The number of hydrogen-bond donors (Lipinski definition) is 1. The second kappa shape index (κ2) is 6.50. The Bertz CT molecular complexity index is 646. The molecule has 1 fully saturated rings. The number of piperazine rings is 1. The maximum Gasteiger partial charge on any atom is 0.265 e. The van der Waals surface area contributed by atoms with E-state index in [-0.39, 0.29) is 5.91 Å². The lowest BCUT2D eigenvalue weighted by molar-refractivity contribution is 0.103. The van der Waals surface area contributed by atoms with E-state index < -0.39 is 0 Å². The minimum Gasteiger partial charge on any atom is -0.369 e. The number of nitrogens with zero attached hydrogens (tertiary/aromatic N) is 2. The number of benzene rings is 1. The van der Waals surface area contributed by atoms with Crippen LogP contribution in [0.15, 0.2) is 35.7 Å². The smallest absolute Gasteiger partial charge is 0.265 e. The van der Waals surface area contributed by atoms with Crippen molar-refractivity contribution in [1.29, 1.82) is 0 Å². The van der Waals surface area contributed by atoms with E-state index in [1.807, 2.05) is 23.6 Å². The van der Waals surface area contributed by atoms with Gasteiger partial charge in [0.05, 0.1) is 4.88 Å². The molecular formula is C17H21N3OS. The standard InChI is InChI=1S/C17H21N3OS/c1-13-12-14(18-17(21)16-4-3-11-22-16)5-6-15(13)20-9-7-19(2)8-10-20/h3-6,11-12H,7-10H2,1-2H3,(H,18,21). The van der Waals surface area contributed by atoms with E-state index in [1.54, 1.807) is 0 Å². The maximum absolute atomic E-state index is 12.1. The van der Waals surface area contributed by atoms with E-state index in [0.29, 0.717) is 0 Å². The molecule has 4 nitrogen and oxygen atoms in total. The highest BCUT2D eigenvalue weighted by atomic mass is 32.1. The predicted octanol–water partition coefficient (Wildman–Crippen LogP) is 3.06. The lowest BCUT2D eigenvalue weighted by atomic mass is 10.1. The number of likely N-dealkylation sites (N-methyl/N-ethyl adjacent to an activating group) is 1. The van der Waals surface area contributed by atoms with Gasteiger partial charge in [-0.1, -0.05) is 6.07 Å². The first kappa shape index (κ1) is 15.1. The molecule has 22 heavy (non-hydrogen) atoms. The van der Waals surface area contributed by atoms with Crippen LogP contribution < -0.4 is 10.2 Å². The molecule has 1 aromatic heterocycles. The Morgan fingerprint density at radius 1 is 1.18 bits per heavy atom. The van der Waals surface area contributed by atoms with Crippen LogP contribution in [-0.2, 0) is 0 Å². The zero-order valence-electron chi connectivity index (χ0n) is 13.0. The fourth-order valence-electron chi connectivity index (χ4n) is 2.74. The van der Waals surface area contributed by atoms with Crippen LogP contribution in [0.2, 0.25) is 0 Å². The van der Waals surface area contributed by atoms with Gasteiger partial charge in [-0.3, -0.25) is 4.79 Å². The number of nitrogens with one attached hydrogen (secondary N) is 1. The molecule has 2 heterocycles. The van der Waals surface area contributed by atoms with Crippen molar-refractivity contribution in [2.75, 3.05) is 43.4 Å². The number of carbonyl (C=O) groups is 1. The highest BCUT2D eigenvalue weighted by Crippen LogP contribution is 2.25. The summed E-state index contributed by atoms with van der Waals surface area (Å²) in [7, 11) is 2.16. The van der Waals surface area contributed by atoms with Gasteiger partial charge in [-0.2, -0.15) is 0 Å². The normalized spacial score (nSPS) is 15.8. The molecule has 1 aliphatic heterocycles. The highest BCUT2D eigenvalue weighted by Gasteiger charge is 2.16. The first-order chi connectivity index (χ1) is 10.6. The summed E-state index contributed by atoms with van der Waals surface area (Å²) in [6, 6.07) is 9.89. The Morgan fingerprint density at radius 3 is 2.59 bits per heavy atom. The van der Waals surface area contributed by atoms with Crippen molar-refractivity contribution < 1.29 is 4.79 Å². The largest absolute Gasteiger partial charge is 0.369 e. The molecule has 0 spiro atoms. The second-order valence-corrected chi connectivity index (χ2v) is 6.67. The van der Waals surface area contributed by atoms with Gasteiger partial charge in [0, 0.05) is 37.6 Å². The van der Waals surface area contributed by atoms with Crippen molar-refractivity contribution in [3.8, 4) is 0 Å². The number of aryl methyl sites for hydroxylation is 1. The fourth-order valence-corrected chi connectivity index (χ4v) is 3.35. The molecule has 1 aromatic carbocycles. The maximum atomic E-state index is 12.1. The first-order valence-corrected chi connectivity index (χ1v) is 8.40. The molecule has 0 atom stereocenters. The number of anilines is 2. The van der Waals surface area contributed by atoms with E-state index in [1.165, 1.54) is 22.6 Å². The SMILES string of the molecule is Cc1cc(NC(=O)c2cccs2)ccc1N1CCN(C)CC1. The number of amides is 1. The van der Waals surface area contributed by atoms with Gasteiger partial charge in [0.2, 0.25) is 0 Å². The minimum atomic E-state index is -0.0400. The summed E-state index contributed by atoms with van der Waals surface area (Å²) < 4.78 is 0. The van der Waals surface area contributed by atoms with Gasteiger partial charge in [0.25, 0.3) is 5.91 Å². The number of carbonyl (C=O) groups excluding carboxylic acids is 1. The van der Waals surface area contributed by atoms with Gasteiger partial charge in [0.1, 0.15) is 0 Å². The van der Waals surface area contributed by atoms with E-state index in [4.69, 9.17) is 0 Å². The summed E-state index contributed by atoms with van der Waals surface area (Å²) in [4.78, 5) is 17.6. The zero-order chi connectivity index (χ0) is 15.5. The topological polar surface area (TPSA) is 35.6 Å². The molecule has 3 rings (SSSR count). The lowest BCUT2D eigenvalue weighted by Crippen LogP contribution is -2.44. The van der Waals surface area contributed by atoms with Gasteiger partial charge < -0.3 is 15.1 Å². The van der Waals surface area contributed by atoms with E-state index in [0.717, 1.165) is 36.7 Å². The van der Waals surface area contributed by atoms with Crippen molar-refractivity contribution in [3.05, 3.63) is 46.2 Å². The lowest BCUT2D eigenvalue weighted by Gasteiger charge is -2.35. The minimum absolute atomic E-state index is 0.0400. The molecule has 0 unspecified atom stereocenters. The Morgan fingerprint density at radius 2 is 1.95 bits per heavy atom. The van der Waals surface area contributed by atoms with Crippen LogP contribution in [0.4, 0.5) is 11.4 Å². The molecule has 1 saturated heterocycles. The van der Waals surface area contributed by atoms with Crippen molar-refractivity contribution in [2.45, 2.75) is 6.92 Å². The zero-order valence-corrected chi connectivity index (χ0v) is 13.8. The number of hydrogen-bond acceptors (Lipinski definition) is 4. The molecule has 0 aliphatic carbocycles. The Hall–Kier alpha value is -1.85. The monoisotopic (exact) mass is 315 g/mol. The molecule has 116 valence electrons. The van der Waals surface area contributed by atoms with Crippen LogP contribution in [0.25, 0.3) is 0 Å². The van der Waals surface area contributed by atoms with Gasteiger partial charge in [-0.15, -0.1) is 11.3 Å². The number of rotatable bonds is 3. The molecule has 1 aliphatic rings. The van der Waals surface area contributed by atoms with E-state index in [9.17, 15) is 4.79 Å². The average Bonchev–Trinajstić information content (AvgIpc) is 3.03. The molecule has 0 bridgehead atoms. The van der Waals surface area contributed by atoms with Crippen LogP contribution in [0.3, 0.4) is 0 Å². The van der Waals surface area contributed by atoms with Gasteiger partial charge in [0.15, 0.2) is 0 Å². The second-order valence-electron chi connectivity index (χ2n) is 5.72. The molecule has 0 saturated carbocycles. The summed E-state index contributed by atoms with van der Waals surface area (Å²) in [6.45, 7) is 6.40. The van der Waals surface area contributed by atoms with Gasteiger partial charge in [-0.05, 0) is 49.2 Å². The third kappa shape index (κ3) is 3.31. The van der Waals surface area contributed by atoms with Gasteiger partial charge >= 0.3 is 0 Å². The van der Waals surface area contributed by atoms with Crippen molar-refractivity contribution in [1.82, 2.24) is 4.90 Å². The van der Waals surface area contributed by atoms with E-state index >= 15 is 0 Å². The Balaban J connectivity index is 1.71. The fraction of sp³-hybridized carbons (Fsp3) is 0.353. The van der Waals surface area contributed by atoms with Crippen LogP contribution >= 0.6 is 11.3 Å². The van der Waals surface area contributed by atoms with Crippen LogP contribution in [0.5, 0.6) is 0 Å². The van der Waals surface area contributed by atoms with Crippen LogP contribution in [-0.4, -0.2) is 44.0 Å². The Kier molecular flexibility index (Phi) is 4.45. The van der Waals surface area contributed by atoms with Crippen LogP contribution in [0, 0.1) is 6.92 Å². The summed E-state index contributed by atoms with van der Waals surface area (Å²) in [5.41, 5.74) is 3.32. The summed E-state index contributed by atoms with van der Waals surface area (Å²) in [5, 5.41) is 4.88. The van der Waals surface area contributed by atoms with Crippen molar-refractivity contribution in [3.63, 3.8) is 0 Å². The molecular weight excluding hydrogens is 294 g/mol. The molecule has 1 amide bonds. The third-order valence-electron chi connectivity index (χ3n) is 4.04. The molecule has 5 heteroatoms. The van der Waals surface area contributed by atoms with Crippen LogP contribution in [0.1, 0.15) is 15.2 Å². The van der Waals surface area contributed by atoms with E-state index in [2.05, 4.69) is 41.2 Å². The first-order valence-electron chi connectivity index (χ1n) is 7.52. The van der Waals surface area contributed by atoms with Gasteiger partial charge in [-0.25, -0.2) is 0 Å². The third-order valence-corrected chi connectivity index (χ3v) is 4.91. The average molecular weight is 315 g/mol. The summed E-state index contributed by atoms with van der Waals surface area (Å²) in [6.07, 6.45) is 0. The quantitative estimate of drug-likeness (QED) is 0.945. The Labute approximate surface area is 135 Å². The molecule has 1 N–H and O–H groups in total. The summed E-state index contributed by atoms with van der Waals surface area (Å²) in [5.74, 6) is -0.0400. The molecule has 2 aromatic rings. The predicted molar refractivity (Wildman–Crippen MR) is 93.2 cm³/mol. The highest BCUT2D eigenvalue weighted by molar-refractivity contribution is 7.12. The van der Waals surface area contributed by atoms with Crippen molar-refractivity contribution >= 4 is 28.6 Å². The summed E-state index contributed by atoms with van der Waals surface area (Å²) >= 11 is 1.46. The van der Waals surface area contributed by atoms with Crippen molar-refractivity contribution in [2.24, 2.45) is 0 Å². The molecule has 0 radical (unpaired) electrons. The number of thiophene rings is 1.